The van der Waals surface area contributed by atoms with Gasteiger partial charge in [0.2, 0.25) is 0 Å². The predicted molar refractivity (Wildman–Crippen MR) is 76.3 cm³/mol. The van der Waals surface area contributed by atoms with Crippen LogP contribution in [0.15, 0.2) is 17.1 Å². The van der Waals surface area contributed by atoms with Gasteiger partial charge in [0, 0.05) is 17.7 Å². The standard InChI is InChI=1S/C14H20BNO4/c1-13(2)14(3,4)20-15(19-13)10-5-11(9-7-18-8-9)12(17)16-6-10/h5-6,9H,7-8H2,1-4H3,(H,16,17). The first kappa shape index (κ1) is 13.9. The Labute approximate surface area is 118 Å². The molecule has 1 aromatic heterocycles. The molecule has 2 aliphatic rings. The Morgan fingerprint density at radius 1 is 1.20 bits per heavy atom. The molecule has 1 aromatic rings. The number of nitrogens with one attached hydrogen (secondary N) is 1. The van der Waals surface area contributed by atoms with Crippen molar-refractivity contribution in [1.29, 1.82) is 0 Å². The number of hydrogen-bond acceptors (Lipinski definition) is 4. The summed E-state index contributed by atoms with van der Waals surface area (Å²) in [5.74, 6) is 0.182. The smallest absolute Gasteiger partial charge is 0.399 e. The van der Waals surface area contributed by atoms with Gasteiger partial charge >= 0.3 is 7.12 Å². The van der Waals surface area contributed by atoms with Gasteiger partial charge in [-0.15, -0.1) is 0 Å². The predicted octanol–water partition coefficient (Wildman–Crippen LogP) is 0.788. The highest BCUT2D eigenvalue weighted by Gasteiger charge is 2.51. The van der Waals surface area contributed by atoms with Crippen molar-refractivity contribution in [1.82, 2.24) is 4.98 Å². The van der Waals surface area contributed by atoms with Crippen LogP contribution >= 0.6 is 0 Å². The molecule has 0 saturated carbocycles. The second-order valence-electron chi connectivity index (χ2n) is 6.54. The lowest BCUT2D eigenvalue weighted by Crippen LogP contribution is -2.41. The van der Waals surface area contributed by atoms with Crippen LogP contribution in [-0.2, 0) is 14.0 Å². The van der Waals surface area contributed by atoms with Crippen LogP contribution in [0.3, 0.4) is 0 Å². The summed E-state index contributed by atoms with van der Waals surface area (Å²) in [4.78, 5) is 14.7. The molecule has 5 nitrogen and oxygen atoms in total. The number of H-pyrrole nitrogens is 1. The summed E-state index contributed by atoms with van der Waals surface area (Å²) in [7, 11) is -0.448. The Hall–Kier alpha value is -1.11. The van der Waals surface area contributed by atoms with Crippen molar-refractivity contribution in [2.24, 2.45) is 0 Å². The van der Waals surface area contributed by atoms with Gasteiger partial charge in [-0.05, 0) is 33.2 Å². The molecule has 0 unspecified atom stereocenters. The second-order valence-corrected chi connectivity index (χ2v) is 6.54. The maximum atomic E-state index is 11.9. The van der Waals surface area contributed by atoms with E-state index in [1.165, 1.54) is 0 Å². The molecule has 0 aromatic carbocycles. The van der Waals surface area contributed by atoms with Crippen LogP contribution in [0.25, 0.3) is 0 Å². The van der Waals surface area contributed by atoms with E-state index >= 15 is 0 Å². The lowest BCUT2D eigenvalue weighted by molar-refractivity contribution is 0.00578. The first-order valence-electron chi connectivity index (χ1n) is 6.96. The van der Waals surface area contributed by atoms with Crippen molar-refractivity contribution in [2.75, 3.05) is 13.2 Å². The summed E-state index contributed by atoms with van der Waals surface area (Å²) in [6.07, 6.45) is 1.67. The molecule has 108 valence electrons. The first-order valence-corrected chi connectivity index (χ1v) is 6.96. The minimum absolute atomic E-state index is 0.0569. The van der Waals surface area contributed by atoms with E-state index in [0.29, 0.717) is 13.2 Å². The maximum Gasteiger partial charge on any atom is 0.496 e. The molecule has 2 fully saturated rings. The Morgan fingerprint density at radius 3 is 2.30 bits per heavy atom. The van der Waals surface area contributed by atoms with E-state index in [1.54, 1.807) is 6.20 Å². The summed E-state index contributed by atoms with van der Waals surface area (Å²) < 4.78 is 17.2. The van der Waals surface area contributed by atoms with E-state index in [-0.39, 0.29) is 22.7 Å². The number of ether oxygens (including phenoxy) is 1. The number of rotatable bonds is 2. The van der Waals surface area contributed by atoms with Crippen molar-refractivity contribution >= 4 is 12.6 Å². The van der Waals surface area contributed by atoms with Gasteiger partial charge in [0.15, 0.2) is 0 Å². The molecule has 3 rings (SSSR count). The average molecular weight is 277 g/mol. The van der Waals surface area contributed by atoms with Crippen molar-refractivity contribution in [2.45, 2.75) is 44.8 Å². The Morgan fingerprint density at radius 2 is 1.80 bits per heavy atom. The SMILES string of the molecule is CC1(C)OB(c2c[nH]c(=O)c(C3COC3)c2)OC1(C)C. The van der Waals surface area contributed by atoms with Crippen LogP contribution in [0.4, 0.5) is 0 Å². The lowest BCUT2D eigenvalue weighted by Gasteiger charge is -2.32. The van der Waals surface area contributed by atoms with Gasteiger partial charge in [-0.1, -0.05) is 6.07 Å². The third-order valence-electron chi connectivity index (χ3n) is 4.56. The highest BCUT2D eigenvalue weighted by molar-refractivity contribution is 6.62. The van der Waals surface area contributed by atoms with Crippen molar-refractivity contribution in [3.63, 3.8) is 0 Å². The molecule has 0 amide bonds. The minimum Gasteiger partial charge on any atom is -0.399 e. The molecule has 0 spiro atoms. The van der Waals surface area contributed by atoms with Crippen LogP contribution < -0.4 is 11.0 Å². The number of aromatic nitrogens is 1. The largest absolute Gasteiger partial charge is 0.496 e. The van der Waals surface area contributed by atoms with Crippen molar-refractivity contribution in [3.8, 4) is 0 Å². The van der Waals surface area contributed by atoms with E-state index in [4.69, 9.17) is 14.0 Å². The van der Waals surface area contributed by atoms with E-state index in [0.717, 1.165) is 11.0 Å². The Kier molecular flexibility index (Phi) is 3.08. The van der Waals surface area contributed by atoms with Crippen molar-refractivity contribution in [3.05, 3.63) is 28.2 Å². The van der Waals surface area contributed by atoms with Crippen molar-refractivity contribution < 1.29 is 14.0 Å². The van der Waals surface area contributed by atoms with Gasteiger partial charge in [-0.25, -0.2) is 0 Å². The van der Waals surface area contributed by atoms with E-state index in [9.17, 15) is 4.79 Å². The number of hydrogen-bond donors (Lipinski definition) is 1. The average Bonchev–Trinajstić information content (AvgIpc) is 2.49. The molecule has 0 aliphatic carbocycles. The Balaban J connectivity index is 1.90. The molecule has 0 radical (unpaired) electrons. The third-order valence-corrected chi connectivity index (χ3v) is 4.56. The molecule has 0 atom stereocenters. The fourth-order valence-corrected chi connectivity index (χ4v) is 2.35. The summed E-state index contributed by atoms with van der Waals surface area (Å²) in [5.41, 5.74) is 0.786. The molecule has 20 heavy (non-hydrogen) atoms. The van der Waals surface area contributed by atoms with E-state index in [1.807, 2.05) is 33.8 Å². The molecule has 6 heteroatoms. The third kappa shape index (κ3) is 2.12. The molecule has 1 N–H and O–H groups in total. The summed E-state index contributed by atoms with van der Waals surface area (Å²) in [6, 6.07) is 1.88. The highest BCUT2D eigenvalue weighted by atomic mass is 16.7. The van der Waals surface area contributed by atoms with Gasteiger partial charge < -0.3 is 19.0 Å². The second kappa shape index (κ2) is 4.45. The zero-order valence-corrected chi connectivity index (χ0v) is 12.4. The fraction of sp³-hybridized carbons (Fsp3) is 0.643. The molecule has 0 bridgehead atoms. The lowest BCUT2D eigenvalue weighted by atomic mass is 9.78. The van der Waals surface area contributed by atoms with E-state index < -0.39 is 7.12 Å². The monoisotopic (exact) mass is 277 g/mol. The molecule has 2 saturated heterocycles. The fourth-order valence-electron chi connectivity index (χ4n) is 2.35. The van der Waals surface area contributed by atoms with Gasteiger partial charge in [-0.3, -0.25) is 4.79 Å². The van der Waals surface area contributed by atoms with E-state index in [2.05, 4.69) is 4.98 Å². The molecular formula is C14H20BNO4. The van der Waals surface area contributed by atoms with Crippen LogP contribution in [-0.4, -0.2) is 36.5 Å². The van der Waals surface area contributed by atoms with Crippen LogP contribution in [0.1, 0.15) is 39.2 Å². The normalized spacial score (nSPS) is 24.7. The number of pyridine rings is 1. The number of aromatic amines is 1. The van der Waals surface area contributed by atoms with Crippen LogP contribution in [0.5, 0.6) is 0 Å². The highest BCUT2D eigenvalue weighted by Crippen LogP contribution is 2.36. The minimum atomic E-state index is -0.448. The zero-order valence-electron chi connectivity index (χ0n) is 12.4. The molecular weight excluding hydrogens is 257 g/mol. The van der Waals surface area contributed by atoms with Gasteiger partial charge in [-0.2, -0.15) is 0 Å². The summed E-state index contributed by atoms with van der Waals surface area (Å²) in [6.45, 7) is 9.27. The molecule has 3 heterocycles. The quantitative estimate of drug-likeness (QED) is 0.812. The Bertz CT molecular complexity index is 561. The van der Waals surface area contributed by atoms with Gasteiger partial charge in [0.25, 0.3) is 5.56 Å². The summed E-state index contributed by atoms with van der Waals surface area (Å²) in [5, 5.41) is 0. The first-order chi connectivity index (χ1) is 9.30. The molecule has 2 aliphatic heterocycles. The van der Waals surface area contributed by atoms with Crippen LogP contribution in [0.2, 0.25) is 0 Å². The zero-order chi connectivity index (χ0) is 14.5. The van der Waals surface area contributed by atoms with Gasteiger partial charge in [0.1, 0.15) is 0 Å². The van der Waals surface area contributed by atoms with Gasteiger partial charge in [0.05, 0.1) is 24.4 Å². The van der Waals surface area contributed by atoms with Crippen LogP contribution in [0, 0.1) is 0 Å². The maximum absolute atomic E-state index is 11.9. The topological polar surface area (TPSA) is 60.6 Å². The summed E-state index contributed by atoms with van der Waals surface area (Å²) >= 11 is 0.